The van der Waals surface area contributed by atoms with Crippen molar-refractivity contribution in [2.24, 2.45) is 0 Å². The van der Waals surface area contributed by atoms with Crippen LogP contribution in [0.4, 0.5) is 5.69 Å². The van der Waals surface area contributed by atoms with Crippen molar-refractivity contribution in [3.8, 4) is 0 Å². The normalized spacial score (nSPS) is 9.68. The Morgan fingerprint density at radius 2 is 1.74 bits per heavy atom. The molecule has 0 aliphatic rings. The molecule has 0 spiro atoms. The van der Waals surface area contributed by atoms with Crippen molar-refractivity contribution in [3.63, 3.8) is 0 Å². The average molecular weight is 313 g/mol. The van der Waals surface area contributed by atoms with Gasteiger partial charge in [-0.3, -0.25) is 0 Å². The van der Waals surface area contributed by atoms with Crippen LogP contribution in [-0.4, -0.2) is 4.98 Å². The van der Waals surface area contributed by atoms with Crippen molar-refractivity contribution in [1.82, 2.24) is 4.98 Å². The molecule has 0 radical (unpaired) electrons. The van der Waals surface area contributed by atoms with Gasteiger partial charge in [-0.2, -0.15) is 0 Å². The first-order valence-corrected chi connectivity index (χ1v) is 6.32. The number of halogens is 2. The molecule has 5 heteroatoms. The van der Waals surface area contributed by atoms with E-state index in [1.165, 1.54) is 5.56 Å². The third kappa shape index (κ3) is 3.60. The highest BCUT2D eigenvalue weighted by Crippen LogP contribution is 2.25. The molecule has 3 aromatic rings. The highest BCUT2D eigenvalue weighted by atomic mass is 35.5. The van der Waals surface area contributed by atoms with E-state index < -0.39 is 0 Å². The van der Waals surface area contributed by atoms with Crippen LogP contribution in [0.3, 0.4) is 0 Å². The Labute approximate surface area is 128 Å². The number of nitrogens with two attached hydrogens (primary N) is 1. The van der Waals surface area contributed by atoms with Gasteiger partial charge in [0.25, 0.3) is 0 Å². The second-order valence-electron chi connectivity index (χ2n) is 4.00. The molecule has 0 atom stereocenters. The Morgan fingerprint density at radius 1 is 1.00 bits per heavy atom. The zero-order valence-corrected chi connectivity index (χ0v) is 12.5. The molecular formula is C14H14Cl2N2S. The zero-order chi connectivity index (χ0) is 11.7. The van der Waals surface area contributed by atoms with Gasteiger partial charge in [0.1, 0.15) is 0 Å². The highest BCUT2D eigenvalue weighted by Gasteiger charge is 2.04. The van der Waals surface area contributed by atoms with Crippen molar-refractivity contribution in [2.45, 2.75) is 6.42 Å². The summed E-state index contributed by atoms with van der Waals surface area (Å²) in [6, 6.07) is 16.3. The zero-order valence-electron chi connectivity index (χ0n) is 10.1. The topological polar surface area (TPSA) is 38.9 Å². The van der Waals surface area contributed by atoms with Crippen LogP contribution in [0.15, 0.2) is 48.5 Å². The number of benzene rings is 2. The maximum Gasteiger partial charge on any atom is 0.0982 e. The first-order valence-electron chi connectivity index (χ1n) is 5.50. The fourth-order valence-corrected chi connectivity index (χ4v) is 2.88. The Bertz CT molecular complexity index is 653. The molecule has 19 heavy (non-hydrogen) atoms. The summed E-state index contributed by atoms with van der Waals surface area (Å²) in [5.41, 5.74) is 8.89. The van der Waals surface area contributed by atoms with Crippen LogP contribution in [0.1, 0.15) is 10.6 Å². The van der Waals surface area contributed by atoms with Crippen LogP contribution in [0.5, 0.6) is 0 Å². The number of hydrogen-bond donors (Lipinski definition) is 1. The number of nitrogens with zero attached hydrogens (tertiary/aromatic N) is 1. The second-order valence-corrected chi connectivity index (χ2v) is 5.11. The molecule has 0 saturated carbocycles. The lowest BCUT2D eigenvalue weighted by Gasteiger charge is -1.95. The van der Waals surface area contributed by atoms with Gasteiger partial charge >= 0.3 is 0 Å². The van der Waals surface area contributed by atoms with Gasteiger partial charge in [-0.05, 0) is 23.8 Å². The van der Waals surface area contributed by atoms with Crippen molar-refractivity contribution in [3.05, 3.63) is 59.1 Å². The van der Waals surface area contributed by atoms with Gasteiger partial charge in [0, 0.05) is 12.1 Å². The predicted molar refractivity (Wildman–Crippen MR) is 87.8 cm³/mol. The highest BCUT2D eigenvalue weighted by molar-refractivity contribution is 7.18. The van der Waals surface area contributed by atoms with Crippen molar-refractivity contribution >= 4 is 52.1 Å². The molecule has 2 aromatic carbocycles. The van der Waals surface area contributed by atoms with E-state index in [0.29, 0.717) is 0 Å². The van der Waals surface area contributed by atoms with Gasteiger partial charge in [0.15, 0.2) is 0 Å². The van der Waals surface area contributed by atoms with E-state index in [1.807, 2.05) is 24.3 Å². The van der Waals surface area contributed by atoms with Gasteiger partial charge in [-0.1, -0.05) is 30.3 Å². The monoisotopic (exact) mass is 312 g/mol. The number of nitrogen functional groups attached to an aromatic ring is 1. The van der Waals surface area contributed by atoms with Gasteiger partial charge in [0.2, 0.25) is 0 Å². The molecule has 0 unspecified atom stereocenters. The molecular weight excluding hydrogens is 299 g/mol. The third-order valence-corrected chi connectivity index (χ3v) is 3.67. The van der Waals surface area contributed by atoms with E-state index in [9.17, 15) is 0 Å². The molecule has 3 rings (SSSR count). The lowest BCUT2D eigenvalue weighted by Crippen LogP contribution is -1.85. The predicted octanol–water partition coefficient (Wildman–Crippen LogP) is 4.31. The van der Waals surface area contributed by atoms with Crippen LogP contribution in [0.25, 0.3) is 10.2 Å². The molecule has 1 aromatic heterocycles. The Morgan fingerprint density at radius 3 is 2.47 bits per heavy atom. The van der Waals surface area contributed by atoms with Crippen LogP contribution >= 0.6 is 36.2 Å². The van der Waals surface area contributed by atoms with Crippen LogP contribution in [0.2, 0.25) is 0 Å². The first kappa shape index (κ1) is 15.8. The van der Waals surface area contributed by atoms with E-state index in [0.717, 1.165) is 27.3 Å². The summed E-state index contributed by atoms with van der Waals surface area (Å²) in [4.78, 5) is 4.61. The minimum absolute atomic E-state index is 0. The molecule has 0 bridgehead atoms. The molecule has 1 heterocycles. The smallest absolute Gasteiger partial charge is 0.0982 e. The molecule has 0 saturated heterocycles. The Kier molecular flexibility index (Phi) is 5.60. The molecule has 2 N–H and O–H groups in total. The molecule has 0 amide bonds. The number of anilines is 1. The summed E-state index contributed by atoms with van der Waals surface area (Å²) in [5, 5.41) is 1.14. The second kappa shape index (κ2) is 6.75. The maximum absolute atomic E-state index is 5.76. The fourth-order valence-electron chi connectivity index (χ4n) is 1.84. The minimum Gasteiger partial charge on any atom is -0.399 e. The molecule has 2 nitrogen and oxygen atoms in total. The van der Waals surface area contributed by atoms with E-state index in [4.69, 9.17) is 5.73 Å². The molecule has 0 aliphatic heterocycles. The van der Waals surface area contributed by atoms with E-state index in [-0.39, 0.29) is 24.8 Å². The SMILES string of the molecule is Cl.Cl.Nc1ccc2nc(Cc3ccccc3)sc2c1. The first-order chi connectivity index (χ1) is 8.31. The fraction of sp³-hybridized carbons (Fsp3) is 0.0714. The number of fused-ring (bicyclic) bond motifs is 1. The summed E-state index contributed by atoms with van der Waals surface area (Å²) >= 11 is 1.72. The van der Waals surface area contributed by atoms with E-state index in [1.54, 1.807) is 11.3 Å². The summed E-state index contributed by atoms with van der Waals surface area (Å²) in [7, 11) is 0. The number of aromatic nitrogens is 1. The van der Waals surface area contributed by atoms with Gasteiger partial charge in [-0.15, -0.1) is 36.2 Å². The number of rotatable bonds is 2. The standard InChI is InChI=1S/C14H12N2S.2ClH/c15-11-6-7-12-13(9-11)17-14(16-12)8-10-4-2-1-3-5-10;;/h1-7,9H,8,15H2;2*1H. The largest absolute Gasteiger partial charge is 0.399 e. The summed E-state index contributed by atoms with van der Waals surface area (Å²) < 4.78 is 1.16. The van der Waals surface area contributed by atoms with Crippen LogP contribution < -0.4 is 5.73 Å². The number of hydrogen-bond acceptors (Lipinski definition) is 3. The van der Waals surface area contributed by atoms with Gasteiger partial charge in [-0.25, -0.2) is 4.98 Å². The Balaban J connectivity index is 0.000000902. The number of thiazole rings is 1. The van der Waals surface area contributed by atoms with Gasteiger partial charge < -0.3 is 5.73 Å². The van der Waals surface area contributed by atoms with Crippen molar-refractivity contribution in [1.29, 1.82) is 0 Å². The van der Waals surface area contributed by atoms with Crippen molar-refractivity contribution in [2.75, 3.05) is 5.73 Å². The van der Waals surface area contributed by atoms with E-state index >= 15 is 0 Å². The van der Waals surface area contributed by atoms with Gasteiger partial charge in [0.05, 0.1) is 15.2 Å². The summed E-state index contributed by atoms with van der Waals surface area (Å²) in [5.74, 6) is 0. The van der Waals surface area contributed by atoms with Crippen molar-refractivity contribution < 1.29 is 0 Å². The van der Waals surface area contributed by atoms with E-state index in [2.05, 4.69) is 29.2 Å². The molecule has 100 valence electrons. The maximum atomic E-state index is 5.76. The third-order valence-electron chi connectivity index (χ3n) is 2.65. The summed E-state index contributed by atoms with van der Waals surface area (Å²) in [6.07, 6.45) is 0.889. The van der Waals surface area contributed by atoms with Crippen LogP contribution in [-0.2, 0) is 6.42 Å². The lowest BCUT2D eigenvalue weighted by molar-refractivity contribution is 1.16. The molecule has 0 fully saturated rings. The molecule has 0 aliphatic carbocycles. The average Bonchev–Trinajstić information content (AvgIpc) is 2.71. The Hall–Kier alpha value is -1.29. The minimum atomic E-state index is 0. The van der Waals surface area contributed by atoms with Crippen LogP contribution in [0, 0.1) is 0 Å². The summed E-state index contributed by atoms with van der Waals surface area (Å²) in [6.45, 7) is 0. The quantitative estimate of drug-likeness (QED) is 0.716. The lowest BCUT2D eigenvalue weighted by atomic mass is 10.2.